The van der Waals surface area contributed by atoms with Crippen LogP contribution in [-0.2, 0) is 4.74 Å². The van der Waals surface area contributed by atoms with E-state index in [1.54, 1.807) is 12.3 Å². The van der Waals surface area contributed by atoms with Crippen LogP contribution in [0.15, 0.2) is 18.3 Å². The minimum Gasteiger partial charge on any atom is -0.373 e. The van der Waals surface area contributed by atoms with Crippen LogP contribution in [0.1, 0.15) is 36.8 Å². The molecule has 2 rings (SSSR count). The lowest BCUT2D eigenvalue weighted by Gasteiger charge is -2.39. The number of aryl methyl sites for hydroxylation is 1. The minimum absolute atomic E-state index is 0.0660. The summed E-state index contributed by atoms with van der Waals surface area (Å²) < 4.78 is 5.74. The highest BCUT2D eigenvalue weighted by Gasteiger charge is 2.25. The zero-order chi connectivity index (χ0) is 15.4. The molecule has 2 heterocycles. The third-order valence-electron chi connectivity index (χ3n) is 3.80. The van der Waals surface area contributed by atoms with Gasteiger partial charge in [-0.2, -0.15) is 0 Å². The van der Waals surface area contributed by atoms with E-state index in [9.17, 15) is 4.79 Å². The van der Waals surface area contributed by atoms with Crippen molar-refractivity contribution in [2.45, 2.75) is 45.9 Å². The molecule has 0 unspecified atom stereocenters. The number of carbonyl (C=O) groups excluding carboxylic acids is 1. The van der Waals surface area contributed by atoms with Crippen LogP contribution in [0, 0.1) is 6.92 Å². The van der Waals surface area contributed by atoms with E-state index in [1.165, 1.54) is 0 Å². The van der Waals surface area contributed by atoms with Gasteiger partial charge in [0.2, 0.25) is 0 Å². The van der Waals surface area contributed by atoms with Gasteiger partial charge in [0.1, 0.15) is 0 Å². The molecular formula is C16H25N3O2. The smallest absolute Gasteiger partial charge is 0.252 e. The van der Waals surface area contributed by atoms with Gasteiger partial charge in [0.15, 0.2) is 0 Å². The van der Waals surface area contributed by atoms with E-state index in [1.807, 2.05) is 13.0 Å². The molecule has 1 aromatic rings. The van der Waals surface area contributed by atoms with E-state index < -0.39 is 0 Å². The summed E-state index contributed by atoms with van der Waals surface area (Å²) in [4.78, 5) is 18.6. The number of pyridine rings is 1. The lowest BCUT2D eigenvalue weighted by molar-refractivity contribution is -0.0778. The topological polar surface area (TPSA) is 54.5 Å². The second-order valence-electron chi connectivity index (χ2n) is 5.96. The molecule has 1 amide bonds. The quantitative estimate of drug-likeness (QED) is 0.916. The molecule has 1 aromatic heterocycles. The van der Waals surface area contributed by atoms with E-state index in [0.717, 1.165) is 18.8 Å². The Morgan fingerprint density at radius 2 is 2.10 bits per heavy atom. The summed E-state index contributed by atoms with van der Waals surface area (Å²) in [5.41, 5.74) is 1.52. The van der Waals surface area contributed by atoms with Crippen molar-refractivity contribution in [3.63, 3.8) is 0 Å². The number of hydrogen-bond donors (Lipinski definition) is 1. The Labute approximate surface area is 126 Å². The zero-order valence-electron chi connectivity index (χ0n) is 13.3. The van der Waals surface area contributed by atoms with Crippen LogP contribution in [0.2, 0.25) is 0 Å². The lowest BCUT2D eigenvalue weighted by atomic mass is 10.1. The molecule has 0 radical (unpaired) electrons. The first-order chi connectivity index (χ1) is 9.95. The van der Waals surface area contributed by atoms with Gasteiger partial charge in [-0.3, -0.25) is 14.7 Å². The minimum atomic E-state index is -0.0660. The second-order valence-corrected chi connectivity index (χ2v) is 5.96. The Morgan fingerprint density at radius 3 is 2.67 bits per heavy atom. The number of nitrogens with one attached hydrogen (secondary N) is 1. The monoisotopic (exact) mass is 291 g/mol. The van der Waals surface area contributed by atoms with Gasteiger partial charge in [-0.25, -0.2) is 0 Å². The van der Waals surface area contributed by atoms with Crippen molar-refractivity contribution < 1.29 is 9.53 Å². The van der Waals surface area contributed by atoms with E-state index in [-0.39, 0.29) is 18.1 Å². The fourth-order valence-electron chi connectivity index (χ4n) is 2.65. The van der Waals surface area contributed by atoms with Crippen molar-refractivity contribution in [1.82, 2.24) is 15.2 Å². The molecule has 116 valence electrons. The normalized spacial score (nSPS) is 24.6. The molecule has 0 saturated carbocycles. The van der Waals surface area contributed by atoms with E-state index in [4.69, 9.17) is 4.74 Å². The van der Waals surface area contributed by atoms with Crippen molar-refractivity contribution in [3.8, 4) is 0 Å². The van der Waals surface area contributed by atoms with Crippen molar-refractivity contribution in [3.05, 3.63) is 29.6 Å². The Hall–Kier alpha value is -1.46. The summed E-state index contributed by atoms with van der Waals surface area (Å²) in [5, 5.41) is 2.98. The largest absolute Gasteiger partial charge is 0.373 e. The van der Waals surface area contributed by atoms with Crippen molar-refractivity contribution in [2.24, 2.45) is 0 Å². The van der Waals surface area contributed by atoms with Gasteiger partial charge < -0.3 is 10.1 Å². The van der Waals surface area contributed by atoms with Crippen molar-refractivity contribution in [1.29, 1.82) is 0 Å². The lowest BCUT2D eigenvalue weighted by Crippen LogP contribution is -2.52. The first-order valence-electron chi connectivity index (χ1n) is 7.56. The van der Waals surface area contributed by atoms with Crippen LogP contribution in [0.4, 0.5) is 0 Å². The van der Waals surface area contributed by atoms with Crippen molar-refractivity contribution >= 4 is 5.91 Å². The Kier molecular flexibility index (Phi) is 5.31. The van der Waals surface area contributed by atoms with E-state index in [0.29, 0.717) is 18.2 Å². The van der Waals surface area contributed by atoms with Crippen molar-refractivity contribution in [2.75, 3.05) is 19.6 Å². The maximum absolute atomic E-state index is 12.1. The molecular weight excluding hydrogens is 266 g/mol. The van der Waals surface area contributed by atoms with Crippen LogP contribution < -0.4 is 5.32 Å². The van der Waals surface area contributed by atoms with Gasteiger partial charge in [0.05, 0.1) is 17.8 Å². The molecule has 1 saturated heterocycles. The Bertz CT molecular complexity index is 465. The summed E-state index contributed by atoms with van der Waals surface area (Å²) in [6.07, 6.45) is 2.11. The van der Waals surface area contributed by atoms with Gasteiger partial charge in [-0.15, -0.1) is 0 Å². The molecule has 0 aromatic carbocycles. The van der Waals surface area contributed by atoms with Gasteiger partial charge >= 0.3 is 0 Å². The van der Waals surface area contributed by atoms with Gasteiger partial charge in [0.25, 0.3) is 5.91 Å². The number of hydrogen-bond acceptors (Lipinski definition) is 4. The highest BCUT2D eigenvalue weighted by atomic mass is 16.5. The van der Waals surface area contributed by atoms with E-state index in [2.05, 4.69) is 36.0 Å². The number of amides is 1. The van der Waals surface area contributed by atoms with Crippen LogP contribution >= 0.6 is 0 Å². The molecule has 21 heavy (non-hydrogen) atoms. The summed E-state index contributed by atoms with van der Waals surface area (Å²) in [6.45, 7) is 10.7. The second kappa shape index (κ2) is 7.00. The summed E-state index contributed by atoms with van der Waals surface area (Å²) in [6, 6.07) is 3.95. The number of ether oxygens (including phenoxy) is 1. The van der Waals surface area contributed by atoms with Gasteiger partial charge in [-0.05, 0) is 39.8 Å². The summed E-state index contributed by atoms with van der Waals surface area (Å²) in [5.74, 6) is -0.0660. The maximum atomic E-state index is 12.1. The molecule has 1 aliphatic heterocycles. The van der Waals surface area contributed by atoms with Crippen LogP contribution in [-0.4, -0.2) is 53.7 Å². The summed E-state index contributed by atoms with van der Waals surface area (Å²) >= 11 is 0. The molecule has 1 N–H and O–H groups in total. The molecule has 3 atom stereocenters. The zero-order valence-corrected chi connectivity index (χ0v) is 13.3. The number of nitrogens with zero attached hydrogens (tertiary/aromatic N) is 2. The number of aromatic nitrogens is 1. The molecule has 5 heteroatoms. The Balaban J connectivity index is 1.84. The first kappa shape index (κ1) is 15.9. The predicted octanol–water partition coefficient (Wildman–Crippen LogP) is 1.62. The molecule has 5 nitrogen and oxygen atoms in total. The highest BCUT2D eigenvalue weighted by Crippen LogP contribution is 2.13. The number of morpholine rings is 1. The third kappa shape index (κ3) is 4.51. The molecule has 1 aliphatic rings. The van der Waals surface area contributed by atoms with Crippen LogP contribution in [0.25, 0.3) is 0 Å². The van der Waals surface area contributed by atoms with Crippen LogP contribution in [0.5, 0.6) is 0 Å². The number of rotatable bonds is 4. The van der Waals surface area contributed by atoms with Crippen LogP contribution in [0.3, 0.4) is 0 Å². The molecule has 1 fully saturated rings. The number of carbonyl (C=O) groups is 1. The molecule has 0 bridgehead atoms. The van der Waals surface area contributed by atoms with Gasteiger partial charge in [0, 0.05) is 37.6 Å². The third-order valence-corrected chi connectivity index (χ3v) is 3.80. The standard InChI is InChI=1S/C16H25N3O2/c1-11-5-6-15(8-17-11)16(20)18-7-12(2)19-9-13(3)21-14(4)10-19/h5-6,8,12-14H,7,9-10H2,1-4H3,(H,18,20)/t12-,13+,14+/m0/s1. The fourth-order valence-corrected chi connectivity index (χ4v) is 2.65. The SMILES string of the molecule is Cc1ccc(C(=O)NC[C@H](C)N2C[C@@H](C)O[C@H](C)C2)cn1. The molecule has 0 aliphatic carbocycles. The average molecular weight is 291 g/mol. The summed E-state index contributed by atoms with van der Waals surface area (Å²) in [7, 11) is 0. The molecule has 0 spiro atoms. The van der Waals surface area contributed by atoms with Gasteiger partial charge in [-0.1, -0.05) is 0 Å². The highest BCUT2D eigenvalue weighted by molar-refractivity contribution is 5.93. The Morgan fingerprint density at radius 1 is 1.43 bits per heavy atom. The predicted molar refractivity (Wildman–Crippen MR) is 82.4 cm³/mol. The first-order valence-corrected chi connectivity index (χ1v) is 7.56. The fraction of sp³-hybridized carbons (Fsp3) is 0.625. The maximum Gasteiger partial charge on any atom is 0.252 e. The average Bonchev–Trinajstić information content (AvgIpc) is 2.44. The van der Waals surface area contributed by atoms with E-state index >= 15 is 0 Å².